The number of fused-ring (bicyclic) bond motifs is 1. The Balaban J connectivity index is 1.59. The van der Waals surface area contributed by atoms with Crippen LogP contribution in [0.2, 0.25) is 0 Å². The molecule has 3 aromatic heterocycles. The standard InChI is InChI=1S/C17H21N7O/c18-9-11-1-3-12(4-2-11)21-16(25)15-14-13(5-6-20-14)22-17(23-15)24-8-7-19-10-24/h5-8,10-12,20H,1-4,9,18H2,(H,21,25)/t11-,12-. The van der Waals surface area contributed by atoms with Crippen molar-refractivity contribution in [2.24, 2.45) is 11.7 Å². The number of nitrogens with zero attached hydrogens (tertiary/aromatic N) is 4. The highest BCUT2D eigenvalue weighted by atomic mass is 16.2. The molecule has 25 heavy (non-hydrogen) atoms. The van der Waals surface area contributed by atoms with Crippen molar-refractivity contribution in [2.45, 2.75) is 31.7 Å². The molecule has 0 atom stereocenters. The second-order valence-corrected chi connectivity index (χ2v) is 6.51. The number of aromatic amines is 1. The Morgan fingerprint density at radius 2 is 2.16 bits per heavy atom. The molecular formula is C17H21N7O. The molecule has 0 radical (unpaired) electrons. The first-order valence-corrected chi connectivity index (χ1v) is 8.59. The maximum absolute atomic E-state index is 12.8. The molecule has 8 nitrogen and oxygen atoms in total. The van der Waals surface area contributed by atoms with Crippen molar-refractivity contribution in [2.75, 3.05) is 6.54 Å². The third kappa shape index (κ3) is 3.12. The number of amides is 1. The smallest absolute Gasteiger partial charge is 0.272 e. The van der Waals surface area contributed by atoms with Crippen molar-refractivity contribution in [3.63, 3.8) is 0 Å². The Morgan fingerprint density at radius 1 is 1.32 bits per heavy atom. The maximum Gasteiger partial charge on any atom is 0.272 e. The van der Waals surface area contributed by atoms with Crippen LogP contribution >= 0.6 is 0 Å². The molecule has 0 unspecified atom stereocenters. The van der Waals surface area contributed by atoms with Gasteiger partial charge in [-0.2, -0.15) is 0 Å². The summed E-state index contributed by atoms with van der Waals surface area (Å²) in [5.41, 5.74) is 7.45. The molecule has 0 bridgehead atoms. The number of imidazole rings is 1. The van der Waals surface area contributed by atoms with Crippen molar-refractivity contribution in [3.05, 3.63) is 36.7 Å². The van der Waals surface area contributed by atoms with Crippen LogP contribution in [0.25, 0.3) is 17.0 Å². The number of aromatic nitrogens is 5. The van der Waals surface area contributed by atoms with Crippen LogP contribution in [0.15, 0.2) is 31.0 Å². The summed E-state index contributed by atoms with van der Waals surface area (Å²) in [5, 5.41) is 3.12. The lowest BCUT2D eigenvalue weighted by Gasteiger charge is -2.28. The van der Waals surface area contributed by atoms with E-state index in [-0.39, 0.29) is 11.9 Å². The van der Waals surface area contributed by atoms with Gasteiger partial charge in [0.1, 0.15) is 6.33 Å². The van der Waals surface area contributed by atoms with Crippen molar-refractivity contribution in [3.8, 4) is 5.95 Å². The Bertz CT molecular complexity index is 862. The van der Waals surface area contributed by atoms with Crippen LogP contribution in [-0.4, -0.2) is 43.0 Å². The number of carbonyl (C=O) groups excluding carboxylic acids is 1. The van der Waals surface area contributed by atoms with Crippen molar-refractivity contribution >= 4 is 16.9 Å². The first-order chi connectivity index (χ1) is 12.2. The molecule has 4 rings (SSSR count). The topological polar surface area (TPSA) is 115 Å². The largest absolute Gasteiger partial charge is 0.358 e. The quantitative estimate of drug-likeness (QED) is 0.664. The summed E-state index contributed by atoms with van der Waals surface area (Å²) in [6.45, 7) is 0.726. The molecule has 1 saturated carbocycles. The predicted molar refractivity (Wildman–Crippen MR) is 93.3 cm³/mol. The fourth-order valence-corrected chi connectivity index (χ4v) is 3.39. The highest BCUT2D eigenvalue weighted by Gasteiger charge is 2.24. The van der Waals surface area contributed by atoms with Crippen LogP contribution in [-0.2, 0) is 0 Å². The van der Waals surface area contributed by atoms with Crippen LogP contribution in [0, 0.1) is 5.92 Å². The zero-order chi connectivity index (χ0) is 17.2. The van der Waals surface area contributed by atoms with Gasteiger partial charge in [-0.15, -0.1) is 0 Å². The summed E-state index contributed by atoms with van der Waals surface area (Å²) in [4.78, 5) is 28.8. The lowest BCUT2D eigenvalue weighted by atomic mass is 9.86. The molecule has 1 amide bonds. The second kappa shape index (κ2) is 6.64. The number of nitrogens with two attached hydrogens (primary N) is 1. The van der Waals surface area contributed by atoms with Crippen LogP contribution in [0.5, 0.6) is 0 Å². The molecule has 1 aliphatic rings. The molecule has 0 spiro atoms. The number of carbonyl (C=O) groups is 1. The summed E-state index contributed by atoms with van der Waals surface area (Å²) in [6.07, 6.45) is 10.8. The summed E-state index contributed by atoms with van der Waals surface area (Å²) < 4.78 is 1.69. The van der Waals surface area contributed by atoms with Gasteiger partial charge in [0.2, 0.25) is 5.95 Å². The van der Waals surface area contributed by atoms with Crippen LogP contribution in [0.3, 0.4) is 0 Å². The minimum atomic E-state index is -0.174. The molecule has 4 N–H and O–H groups in total. The highest BCUT2D eigenvalue weighted by Crippen LogP contribution is 2.24. The minimum absolute atomic E-state index is 0.173. The predicted octanol–water partition coefficient (Wildman–Crippen LogP) is 1.39. The molecule has 0 saturated heterocycles. The van der Waals surface area contributed by atoms with E-state index < -0.39 is 0 Å². The molecule has 0 aromatic carbocycles. The van der Waals surface area contributed by atoms with Crippen LogP contribution in [0.1, 0.15) is 36.2 Å². The van der Waals surface area contributed by atoms with Gasteiger partial charge in [0.25, 0.3) is 5.91 Å². The highest BCUT2D eigenvalue weighted by molar-refractivity contribution is 6.03. The van der Waals surface area contributed by atoms with Gasteiger partial charge < -0.3 is 16.0 Å². The van der Waals surface area contributed by atoms with E-state index in [4.69, 9.17) is 5.73 Å². The molecule has 1 fully saturated rings. The minimum Gasteiger partial charge on any atom is -0.358 e. The molecular weight excluding hydrogens is 318 g/mol. The normalized spacial score (nSPS) is 20.7. The zero-order valence-electron chi connectivity index (χ0n) is 13.9. The van der Waals surface area contributed by atoms with E-state index in [0.717, 1.165) is 32.2 Å². The number of nitrogens with one attached hydrogen (secondary N) is 2. The molecule has 3 heterocycles. The van der Waals surface area contributed by atoms with Gasteiger partial charge in [-0.1, -0.05) is 0 Å². The third-order valence-electron chi connectivity index (χ3n) is 4.86. The van der Waals surface area contributed by atoms with Crippen molar-refractivity contribution < 1.29 is 4.79 Å². The molecule has 8 heteroatoms. The first kappa shape index (κ1) is 15.8. The van der Waals surface area contributed by atoms with E-state index in [1.54, 1.807) is 29.5 Å². The van der Waals surface area contributed by atoms with Gasteiger partial charge in [0.15, 0.2) is 5.69 Å². The van der Waals surface area contributed by atoms with E-state index in [1.807, 2.05) is 6.07 Å². The van der Waals surface area contributed by atoms with Gasteiger partial charge >= 0.3 is 0 Å². The Morgan fingerprint density at radius 3 is 2.88 bits per heavy atom. The third-order valence-corrected chi connectivity index (χ3v) is 4.86. The van der Waals surface area contributed by atoms with E-state index in [9.17, 15) is 4.79 Å². The first-order valence-electron chi connectivity index (χ1n) is 8.59. The fraction of sp³-hybridized carbons (Fsp3) is 0.412. The maximum atomic E-state index is 12.8. The lowest BCUT2D eigenvalue weighted by Crippen LogP contribution is -2.39. The Kier molecular flexibility index (Phi) is 4.19. The van der Waals surface area contributed by atoms with Crippen molar-refractivity contribution in [1.82, 2.24) is 29.8 Å². The number of rotatable bonds is 4. The number of hydrogen-bond acceptors (Lipinski definition) is 5. The Hall–Kier alpha value is -2.74. The summed E-state index contributed by atoms with van der Waals surface area (Å²) in [7, 11) is 0. The van der Waals surface area contributed by atoms with E-state index in [2.05, 4.69) is 25.3 Å². The molecule has 3 aromatic rings. The average molecular weight is 339 g/mol. The monoisotopic (exact) mass is 339 g/mol. The molecule has 0 aliphatic heterocycles. The Labute approximate surface area is 144 Å². The summed E-state index contributed by atoms with van der Waals surface area (Å²) in [5.74, 6) is 0.837. The van der Waals surface area contributed by atoms with E-state index >= 15 is 0 Å². The van der Waals surface area contributed by atoms with Gasteiger partial charge in [-0.25, -0.2) is 15.0 Å². The van der Waals surface area contributed by atoms with Gasteiger partial charge in [-0.05, 0) is 44.2 Å². The fourth-order valence-electron chi connectivity index (χ4n) is 3.39. The van der Waals surface area contributed by atoms with Crippen molar-refractivity contribution in [1.29, 1.82) is 0 Å². The SMILES string of the molecule is NC[C@H]1CC[C@H](NC(=O)c2nc(-n3ccnc3)nc3cc[nH]c23)CC1. The zero-order valence-corrected chi connectivity index (χ0v) is 13.9. The summed E-state index contributed by atoms with van der Waals surface area (Å²) >= 11 is 0. The van der Waals surface area contributed by atoms with Crippen LogP contribution in [0.4, 0.5) is 0 Å². The van der Waals surface area contributed by atoms with Gasteiger partial charge in [0, 0.05) is 24.6 Å². The van der Waals surface area contributed by atoms with Gasteiger partial charge in [0.05, 0.1) is 11.0 Å². The number of H-pyrrole nitrogens is 1. The summed E-state index contributed by atoms with van der Waals surface area (Å²) in [6, 6.07) is 2.01. The number of hydrogen-bond donors (Lipinski definition) is 3. The van der Waals surface area contributed by atoms with E-state index in [1.165, 1.54) is 0 Å². The molecule has 130 valence electrons. The van der Waals surface area contributed by atoms with Gasteiger partial charge in [-0.3, -0.25) is 9.36 Å². The average Bonchev–Trinajstić information content (AvgIpc) is 3.32. The van der Waals surface area contributed by atoms with Crippen LogP contribution < -0.4 is 11.1 Å². The van der Waals surface area contributed by atoms with E-state index in [0.29, 0.717) is 28.6 Å². The second-order valence-electron chi connectivity index (χ2n) is 6.51. The lowest BCUT2D eigenvalue weighted by molar-refractivity contribution is 0.0919. The molecule has 1 aliphatic carbocycles.